The van der Waals surface area contributed by atoms with Crippen molar-refractivity contribution in [2.45, 2.75) is 33.7 Å². The van der Waals surface area contributed by atoms with E-state index in [4.69, 9.17) is 14.2 Å². The van der Waals surface area contributed by atoms with Gasteiger partial charge in [0.2, 0.25) is 5.82 Å². The molecule has 0 radical (unpaired) electrons. The Balaban J connectivity index is 1.65. The molecule has 0 saturated carbocycles. The molecule has 4 aromatic rings. The molecular weight excluding hydrogens is 452 g/mol. The molecule has 1 aromatic heterocycles. The average molecular weight is 481 g/mol. The van der Waals surface area contributed by atoms with Gasteiger partial charge in [-0.3, -0.25) is 4.90 Å². The predicted octanol–water partition coefficient (Wildman–Crippen LogP) is 6.37. The molecule has 0 fully saturated rings. The fourth-order valence-electron chi connectivity index (χ4n) is 4.39. The smallest absolute Gasteiger partial charge is 0.326 e. The molecular formula is C29H28N4O3. The van der Waals surface area contributed by atoms with Crippen LogP contribution < -0.4 is 15.0 Å². The van der Waals surface area contributed by atoms with E-state index in [1.165, 1.54) is 0 Å². The lowest BCUT2D eigenvalue weighted by atomic mass is 9.94. The van der Waals surface area contributed by atoms with Crippen LogP contribution in [0.3, 0.4) is 0 Å². The summed E-state index contributed by atoms with van der Waals surface area (Å²) in [4.78, 5) is 19.8. The van der Waals surface area contributed by atoms with Crippen LogP contribution in [0.2, 0.25) is 0 Å². The first-order valence-electron chi connectivity index (χ1n) is 11.8. The van der Waals surface area contributed by atoms with Crippen LogP contribution in [0.25, 0.3) is 17.0 Å². The lowest BCUT2D eigenvalue weighted by molar-refractivity contribution is 0.244. The number of nitrogens with one attached hydrogen (secondary N) is 1. The van der Waals surface area contributed by atoms with E-state index in [1.807, 2.05) is 94.4 Å². The van der Waals surface area contributed by atoms with Gasteiger partial charge in [0.05, 0.1) is 24.4 Å². The molecule has 7 heteroatoms. The number of aryl methyl sites for hydroxylation is 3. The zero-order valence-corrected chi connectivity index (χ0v) is 21.0. The molecule has 5 rings (SSSR count). The van der Waals surface area contributed by atoms with Crippen molar-refractivity contribution < 1.29 is 14.1 Å². The summed E-state index contributed by atoms with van der Waals surface area (Å²) in [5.74, 6) is 1.59. The minimum absolute atomic E-state index is 0.224. The summed E-state index contributed by atoms with van der Waals surface area (Å²) in [7, 11) is 1.62. The van der Waals surface area contributed by atoms with Gasteiger partial charge in [-0.05, 0) is 68.7 Å². The summed E-state index contributed by atoms with van der Waals surface area (Å²) in [6.07, 6.45) is 0. The van der Waals surface area contributed by atoms with Crippen LogP contribution in [0, 0.1) is 20.8 Å². The molecule has 2 heterocycles. The number of carbonyl (C=O) groups is 1. The van der Waals surface area contributed by atoms with Crippen molar-refractivity contribution in [1.29, 1.82) is 0 Å². The summed E-state index contributed by atoms with van der Waals surface area (Å²) in [5, 5.41) is 7.40. The number of urea groups is 1. The Morgan fingerprint density at radius 3 is 2.31 bits per heavy atom. The van der Waals surface area contributed by atoms with Crippen LogP contribution in [0.5, 0.6) is 5.75 Å². The second kappa shape index (κ2) is 9.34. The number of methoxy groups -OCH3 is 1. The third-order valence-corrected chi connectivity index (χ3v) is 6.65. The molecule has 3 aromatic carbocycles. The molecule has 1 aliphatic heterocycles. The van der Waals surface area contributed by atoms with Gasteiger partial charge in [-0.25, -0.2) is 4.79 Å². The second-order valence-electron chi connectivity index (χ2n) is 9.05. The average Bonchev–Trinajstić information content (AvgIpc) is 3.36. The van der Waals surface area contributed by atoms with E-state index in [-0.39, 0.29) is 6.03 Å². The van der Waals surface area contributed by atoms with E-state index >= 15 is 0 Å². The SMILES string of the molecule is COc1ccc(C2NC(=O)N(c3ccc(C)c(C)c3)C(C)=C2c2nc(-c3ccc(C)cc3)no2)cc1. The Kier molecular flexibility index (Phi) is 6.06. The highest BCUT2D eigenvalue weighted by Gasteiger charge is 2.36. The Morgan fingerprint density at radius 1 is 0.917 bits per heavy atom. The number of ether oxygens (including phenoxy) is 1. The summed E-state index contributed by atoms with van der Waals surface area (Å²) < 4.78 is 11.1. The number of carbonyl (C=O) groups excluding carboxylic acids is 1. The molecule has 0 saturated heterocycles. The van der Waals surface area contributed by atoms with Gasteiger partial charge < -0.3 is 14.6 Å². The molecule has 1 unspecified atom stereocenters. The lowest BCUT2D eigenvalue weighted by Crippen LogP contribution is -2.46. The number of nitrogens with zero attached hydrogens (tertiary/aromatic N) is 3. The number of hydrogen-bond donors (Lipinski definition) is 1. The number of anilines is 1. The number of aromatic nitrogens is 2. The van der Waals surface area contributed by atoms with E-state index in [9.17, 15) is 4.79 Å². The van der Waals surface area contributed by atoms with Crippen molar-refractivity contribution in [3.63, 3.8) is 0 Å². The first-order chi connectivity index (χ1) is 17.4. The van der Waals surface area contributed by atoms with Gasteiger partial charge in [0.25, 0.3) is 5.89 Å². The van der Waals surface area contributed by atoms with Gasteiger partial charge in [-0.15, -0.1) is 0 Å². The highest BCUT2D eigenvalue weighted by Crippen LogP contribution is 2.39. The maximum absolute atomic E-state index is 13.4. The van der Waals surface area contributed by atoms with Crippen molar-refractivity contribution in [2.75, 3.05) is 12.0 Å². The monoisotopic (exact) mass is 480 g/mol. The van der Waals surface area contributed by atoms with Crippen LogP contribution in [0.4, 0.5) is 10.5 Å². The summed E-state index contributed by atoms with van der Waals surface area (Å²) >= 11 is 0. The maximum Gasteiger partial charge on any atom is 0.326 e. The molecule has 1 N–H and O–H groups in total. The van der Waals surface area contributed by atoms with Gasteiger partial charge in [0.1, 0.15) is 5.75 Å². The molecule has 1 aliphatic rings. The van der Waals surface area contributed by atoms with Gasteiger partial charge in [0.15, 0.2) is 0 Å². The molecule has 2 amide bonds. The third-order valence-electron chi connectivity index (χ3n) is 6.65. The van der Waals surface area contributed by atoms with Crippen LogP contribution in [-0.4, -0.2) is 23.3 Å². The van der Waals surface area contributed by atoms with Crippen molar-refractivity contribution in [3.8, 4) is 17.1 Å². The van der Waals surface area contributed by atoms with Crippen molar-refractivity contribution in [3.05, 3.63) is 101 Å². The van der Waals surface area contributed by atoms with Gasteiger partial charge in [0, 0.05) is 11.3 Å². The largest absolute Gasteiger partial charge is 0.497 e. The fourth-order valence-corrected chi connectivity index (χ4v) is 4.39. The molecule has 0 aliphatic carbocycles. The molecule has 36 heavy (non-hydrogen) atoms. The van der Waals surface area contributed by atoms with E-state index in [1.54, 1.807) is 12.0 Å². The highest BCUT2D eigenvalue weighted by atomic mass is 16.5. The Hall–Kier alpha value is -4.39. The summed E-state index contributed by atoms with van der Waals surface area (Å²) in [6, 6.07) is 20.8. The minimum atomic E-state index is -0.475. The normalized spacial score (nSPS) is 15.8. The van der Waals surface area contributed by atoms with Crippen LogP contribution >= 0.6 is 0 Å². The van der Waals surface area contributed by atoms with Crippen LogP contribution in [-0.2, 0) is 0 Å². The molecule has 0 bridgehead atoms. The lowest BCUT2D eigenvalue weighted by Gasteiger charge is -2.35. The van der Waals surface area contributed by atoms with E-state index < -0.39 is 6.04 Å². The Morgan fingerprint density at radius 2 is 1.64 bits per heavy atom. The van der Waals surface area contributed by atoms with Crippen molar-refractivity contribution >= 4 is 17.3 Å². The first-order valence-corrected chi connectivity index (χ1v) is 11.8. The number of allylic oxidation sites excluding steroid dienone is 1. The molecule has 1 atom stereocenters. The van der Waals surface area contributed by atoms with Crippen molar-refractivity contribution in [1.82, 2.24) is 15.5 Å². The Bertz CT molecular complexity index is 1450. The zero-order valence-electron chi connectivity index (χ0n) is 21.0. The van der Waals surface area contributed by atoms with Gasteiger partial charge in [-0.2, -0.15) is 4.98 Å². The van der Waals surface area contributed by atoms with Gasteiger partial charge >= 0.3 is 6.03 Å². The number of benzene rings is 3. The summed E-state index contributed by atoms with van der Waals surface area (Å²) in [5.41, 5.74) is 7.40. The zero-order chi connectivity index (χ0) is 25.4. The van der Waals surface area contributed by atoms with E-state index in [2.05, 4.69) is 10.5 Å². The first kappa shape index (κ1) is 23.4. The van der Waals surface area contributed by atoms with Gasteiger partial charge in [-0.1, -0.05) is 53.2 Å². The number of rotatable bonds is 5. The maximum atomic E-state index is 13.4. The minimum Gasteiger partial charge on any atom is -0.497 e. The quantitative estimate of drug-likeness (QED) is 0.359. The fraction of sp³-hybridized carbons (Fsp3) is 0.207. The number of hydrogen-bond acceptors (Lipinski definition) is 5. The van der Waals surface area contributed by atoms with E-state index in [0.717, 1.165) is 50.5 Å². The second-order valence-corrected chi connectivity index (χ2v) is 9.05. The topological polar surface area (TPSA) is 80.5 Å². The summed E-state index contributed by atoms with van der Waals surface area (Å²) in [6.45, 7) is 8.03. The van der Waals surface area contributed by atoms with Crippen molar-refractivity contribution in [2.24, 2.45) is 0 Å². The molecule has 182 valence electrons. The number of amides is 2. The predicted molar refractivity (Wildman–Crippen MR) is 140 cm³/mol. The standard InChI is InChI=1S/C29H28N4O3/c1-17-6-9-22(10-7-17)27-31-28(36-32-27)25-20(4)33(23-13-8-18(2)19(3)16-23)29(34)30-26(25)21-11-14-24(35-5)15-12-21/h6-16,26H,1-5H3,(H,30,34). The van der Waals surface area contributed by atoms with Crippen LogP contribution in [0.15, 0.2) is 77.0 Å². The van der Waals surface area contributed by atoms with E-state index in [0.29, 0.717) is 11.7 Å². The molecule has 0 spiro atoms. The third kappa shape index (κ3) is 4.24. The highest BCUT2D eigenvalue weighted by molar-refractivity contribution is 6.01. The Labute approximate surface area is 210 Å². The molecule has 7 nitrogen and oxygen atoms in total. The van der Waals surface area contributed by atoms with Crippen LogP contribution in [0.1, 0.15) is 41.1 Å².